The van der Waals surface area contributed by atoms with Gasteiger partial charge in [0.25, 0.3) is 0 Å². The zero-order valence-electron chi connectivity index (χ0n) is 13.7. The molecule has 0 saturated carbocycles. The van der Waals surface area contributed by atoms with Gasteiger partial charge in [0.15, 0.2) is 5.82 Å². The molecule has 0 amide bonds. The number of anilines is 2. The fraction of sp³-hybridized carbons (Fsp3) is 0.529. The molecule has 0 radical (unpaired) electrons. The highest BCUT2D eigenvalue weighted by Crippen LogP contribution is 2.42. The number of fused-ring (bicyclic) bond motifs is 1. The van der Waals surface area contributed by atoms with Gasteiger partial charge in [0, 0.05) is 6.54 Å². The van der Waals surface area contributed by atoms with Crippen molar-refractivity contribution < 1.29 is 0 Å². The van der Waals surface area contributed by atoms with Crippen LogP contribution in [-0.2, 0) is 6.42 Å². The fourth-order valence-electron chi connectivity index (χ4n) is 3.22. The molecule has 0 fully saturated rings. The Labute approximate surface area is 137 Å². The molecule has 4 nitrogen and oxygen atoms in total. The van der Waals surface area contributed by atoms with Crippen LogP contribution in [0.5, 0.6) is 0 Å². The summed E-state index contributed by atoms with van der Waals surface area (Å²) in [6.45, 7) is 9.48. The van der Waals surface area contributed by atoms with Gasteiger partial charge in [-0.15, -0.1) is 5.10 Å². The first-order valence-electron chi connectivity index (χ1n) is 8.04. The molecule has 0 saturated heterocycles. The van der Waals surface area contributed by atoms with Crippen LogP contribution in [0.2, 0.25) is 5.02 Å². The number of hydrogen-bond donors (Lipinski definition) is 0. The third kappa shape index (κ3) is 2.39. The van der Waals surface area contributed by atoms with Gasteiger partial charge >= 0.3 is 0 Å². The van der Waals surface area contributed by atoms with E-state index in [9.17, 15) is 0 Å². The second kappa shape index (κ2) is 5.92. The van der Waals surface area contributed by atoms with E-state index in [1.54, 1.807) is 0 Å². The highest BCUT2D eigenvalue weighted by atomic mass is 35.5. The predicted octanol–water partition coefficient (Wildman–Crippen LogP) is 4.60. The zero-order valence-corrected chi connectivity index (χ0v) is 14.5. The highest BCUT2D eigenvalue weighted by Gasteiger charge is 2.27. The van der Waals surface area contributed by atoms with Crippen molar-refractivity contribution in [1.82, 2.24) is 15.0 Å². The highest BCUT2D eigenvalue weighted by molar-refractivity contribution is 6.34. The molecule has 2 heterocycles. The molecule has 1 aromatic heterocycles. The van der Waals surface area contributed by atoms with Gasteiger partial charge < -0.3 is 4.90 Å². The van der Waals surface area contributed by atoms with Crippen LogP contribution >= 0.6 is 11.6 Å². The molecule has 0 unspecified atom stereocenters. The SMILES string of the molecule is CCC(CC)n1cc(N2CCc3cc(C)c(C)c(Cl)c32)nn1. The Bertz CT molecular complexity index is 688. The minimum absolute atomic E-state index is 0.415. The number of aromatic nitrogens is 3. The summed E-state index contributed by atoms with van der Waals surface area (Å²) in [6.07, 6.45) is 5.19. The van der Waals surface area contributed by atoms with E-state index >= 15 is 0 Å². The Balaban J connectivity index is 1.99. The standard InChI is InChI=1S/C17H23ClN4/c1-5-14(6-2)22-10-15(19-20-22)21-8-7-13-9-11(3)12(4)16(18)17(13)21/h9-10,14H,5-8H2,1-4H3. The third-order valence-corrected chi connectivity index (χ3v) is 5.25. The molecule has 0 atom stereocenters. The van der Waals surface area contributed by atoms with Gasteiger partial charge in [-0.3, -0.25) is 0 Å². The molecule has 118 valence electrons. The Hall–Kier alpha value is -1.55. The first-order valence-corrected chi connectivity index (χ1v) is 8.42. The molecule has 0 spiro atoms. The van der Waals surface area contributed by atoms with Crippen molar-refractivity contribution >= 4 is 23.1 Å². The molecule has 22 heavy (non-hydrogen) atoms. The molecule has 3 rings (SSSR count). The fourth-order valence-corrected chi connectivity index (χ4v) is 3.59. The summed E-state index contributed by atoms with van der Waals surface area (Å²) in [5, 5.41) is 9.57. The molecule has 1 aliphatic rings. The molecule has 2 aromatic rings. The van der Waals surface area contributed by atoms with Crippen molar-refractivity contribution in [2.24, 2.45) is 0 Å². The summed E-state index contributed by atoms with van der Waals surface area (Å²) in [7, 11) is 0. The number of aryl methyl sites for hydroxylation is 1. The minimum atomic E-state index is 0.415. The molecule has 5 heteroatoms. The van der Waals surface area contributed by atoms with Crippen molar-refractivity contribution in [2.75, 3.05) is 11.4 Å². The van der Waals surface area contributed by atoms with Gasteiger partial charge in [-0.25, -0.2) is 4.68 Å². The van der Waals surface area contributed by atoms with Gasteiger partial charge in [-0.1, -0.05) is 36.7 Å². The van der Waals surface area contributed by atoms with Gasteiger partial charge in [-0.2, -0.15) is 0 Å². The normalized spacial score (nSPS) is 14.0. The lowest BCUT2D eigenvalue weighted by Gasteiger charge is -2.19. The Kier molecular flexibility index (Phi) is 4.13. The van der Waals surface area contributed by atoms with Crippen molar-refractivity contribution in [2.45, 2.75) is 53.0 Å². The van der Waals surface area contributed by atoms with E-state index in [-0.39, 0.29) is 0 Å². The Morgan fingerprint density at radius 2 is 2.00 bits per heavy atom. The lowest BCUT2D eigenvalue weighted by Crippen LogP contribution is -2.14. The average Bonchev–Trinajstić information content (AvgIpc) is 3.13. The monoisotopic (exact) mass is 318 g/mol. The van der Waals surface area contributed by atoms with Crippen LogP contribution in [0.25, 0.3) is 0 Å². The van der Waals surface area contributed by atoms with E-state index < -0.39 is 0 Å². The summed E-state index contributed by atoms with van der Waals surface area (Å²) in [5.41, 5.74) is 4.83. The van der Waals surface area contributed by atoms with Crippen LogP contribution in [0, 0.1) is 13.8 Å². The largest absolute Gasteiger partial charge is 0.322 e. The smallest absolute Gasteiger partial charge is 0.175 e. The summed E-state index contributed by atoms with van der Waals surface area (Å²) in [5.74, 6) is 0.899. The second-order valence-electron chi connectivity index (χ2n) is 6.07. The van der Waals surface area contributed by atoms with Crippen molar-refractivity contribution in [3.05, 3.63) is 34.0 Å². The van der Waals surface area contributed by atoms with E-state index in [4.69, 9.17) is 11.6 Å². The van der Waals surface area contributed by atoms with Crippen LogP contribution in [0.3, 0.4) is 0 Å². The van der Waals surface area contributed by atoms with Crippen LogP contribution < -0.4 is 4.90 Å². The van der Waals surface area contributed by atoms with Gasteiger partial charge in [0.2, 0.25) is 0 Å². The van der Waals surface area contributed by atoms with E-state index in [0.717, 1.165) is 47.9 Å². The molecular weight excluding hydrogens is 296 g/mol. The topological polar surface area (TPSA) is 34.0 Å². The van der Waals surface area contributed by atoms with E-state index in [1.807, 2.05) is 4.68 Å². The summed E-state index contributed by atoms with van der Waals surface area (Å²) >= 11 is 6.62. The van der Waals surface area contributed by atoms with Crippen LogP contribution in [-0.4, -0.2) is 21.5 Å². The third-order valence-electron chi connectivity index (χ3n) is 4.79. The quantitative estimate of drug-likeness (QED) is 0.826. The predicted molar refractivity (Wildman–Crippen MR) is 91.3 cm³/mol. The Morgan fingerprint density at radius 1 is 1.27 bits per heavy atom. The maximum Gasteiger partial charge on any atom is 0.175 e. The number of rotatable bonds is 4. The number of halogens is 1. The molecule has 1 aliphatic heterocycles. The first-order chi connectivity index (χ1) is 10.6. The number of benzene rings is 1. The molecule has 0 N–H and O–H groups in total. The molecule has 0 bridgehead atoms. The minimum Gasteiger partial charge on any atom is -0.322 e. The lowest BCUT2D eigenvalue weighted by atomic mass is 10.0. The molecule has 1 aromatic carbocycles. The maximum atomic E-state index is 6.62. The zero-order chi connectivity index (χ0) is 15.9. The van der Waals surface area contributed by atoms with Crippen LogP contribution in [0.15, 0.2) is 12.3 Å². The second-order valence-corrected chi connectivity index (χ2v) is 6.45. The van der Waals surface area contributed by atoms with Crippen molar-refractivity contribution in [3.63, 3.8) is 0 Å². The summed E-state index contributed by atoms with van der Waals surface area (Å²) in [6, 6.07) is 2.67. The van der Waals surface area contributed by atoms with Crippen LogP contribution in [0.4, 0.5) is 11.5 Å². The molecular formula is C17H23ClN4. The van der Waals surface area contributed by atoms with Gasteiger partial charge in [0.05, 0.1) is 22.9 Å². The Morgan fingerprint density at radius 3 is 2.68 bits per heavy atom. The van der Waals surface area contributed by atoms with E-state index in [0.29, 0.717) is 6.04 Å². The average molecular weight is 319 g/mol. The first kappa shape index (κ1) is 15.3. The van der Waals surface area contributed by atoms with Gasteiger partial charge in [0.1, 0.15) is 0 Å². The van der Waals surface area contributed by atoms with E-state index in [2.05, 4.69) is 55.2 Å². The van der Waals surface area contributed by atoms with Crippen molar-refractivity contribution in [1.29, 1.82) is 0 Å². The summed E-state index contributed by atoms with van der Waals surface area (Å²) < 4.78 is 1.99. The van der Waals surface area contributed by atoms with Crippen LogP contribution in [0.1, 0.15) is 49.4 Å². The number of nitrogens with zero attached hydrogens (tertiary/aromatic N) is 4. The van der Waals surface area contributed by atoms with Crippen molar-refractivity contribution in [3.8, 4) is 0 Å². The molecule has 0 aliphatic carbocycles. The number of hydrogen-bond acceptors (Lipinski definition) is 3. The van der Waals surface area contributed by atoms with E-state index in [1.165, 1.54) is 11.1 Å². The van der Waals surface area contributed by atoms with Gasteiger partial charge in [-0.05, 0) is 49.8 Å². The maximum absolute atomic E-state index is 6.62. The summed E-state index contributed by atoms with van der Waals surface area (Å²) in [4.78, 5) is 2.20. The lowest BCUT2D eigenvalue weighted by molar-refractivity contribution is 0.418.